The van der Waals surface area contributed by atoms with Crippen LogP contribution in [0.2, 0.25) is 0 Å². The second kappa shape index (κ2) is 9.00. The van der Waals surface area contributed by atoms with Crippen molar-refractivity contribution in [3.63, 3.8) is 0 Å². The number of carbonyl (C=O) groups excluding carboxylic acids is 1. The van der Waals surface area contributed by atoms with Gasteiger partial charge >= 0.3 is 5.97 Å². The van der Waals surface area contributed by atoms with E-state index in [-0.39, 0.29) is 24.4 Å². The number of amidine groups is 1. The lowest BCUT2D eigenvalue weighted by Gasteiger charge is -2.06. The molecule has 0 saturated carbocycles. The van der Waals surface area contributed by atoms with E-state index in [2.05, 4.69) is 20.2 Å². The number of nitrogens with two attached hydrogens (primary N) is 1. The monoisotopic (exact) mass is 467 g/mol. The molecule has 11 heteroatoms. The standard InChI is InChI=1S/C23H23F2N7O2/c1-5-34-23(33)20-12(2)29-32(13(20)3)19-11-18(26)28-22-16(8-9-27-19)21(30-31(22)4)15-7-6-14(24)10-17(15)25/h6-7,9-11H,5,8H2,1-4H3,(H2,26,28). The molecule has 0 radical (unpaired) electrons. The first-order chi connectivity index (χ1) is 16.2. The highest BCUT2D eigenvalue weighted by Gasteiger charge is 2.23. The summed E-state index contributed by atoms with van der Waals surface area (Å²) in [6, 6.07) is 3.31. The predicted octanol–water partition coefficient (Wildman–Crippen LogP) is 3.47. The molecule has 0 spiro atoms. The number of rotatable bonds is 4. The first-order valence-electron chi connectivity index (χ1n) is 10.5. The molecule has 0 aliphatic carbocycles. The van der Waals surface area contributed by atoms with Gasteiger partial charge < -0.3 is 10.5 Å². The van der Waals surface area contributed by atoms with Crippen LogP contribution in [0.5, 0.6) is 0 Å². The molecule has 0 saturated heterocycles. The van der Waals surface area contributed by atoms with Crippen LogP contribution in [0, 0.1) is 25.5 Å². The van der Waals surface area contributed by atoms with Crippen molar-refractivity contribution in [3.8, 4) is 11.3 Å². The van der Waals surface area contributed by atoms with Gasteiger partial charge in [-0.3, -0.25) is 4.68 Å². The Balaban J connectivity index is 1.78. The Kier molecular flexibility index (Phi) is 6.10. The van der Waals surface area contributed by atoms with Gasteiger partial charge in [-0.1, -0.05) is 0 Å². The van der Waals surface area contributed by atoms with Crippen LogP contribution < -0.4 is 5.73 Å². The van der Waals surface area contributed by atoms with Crippen LogP contribution in [0.1, 0.15) is 34.2 Å². The minimum atomic E-state index is -0.734. The highest BCUT2D eigenvalue weighted by molar-refractivity contribution is 5.99. The molecule has 4 rings (SSSR count). The Morgan fingerprint density at radius 1 is 1.24 bits per heavy atom. The number of fused-ring (bicyclic) bond motifs is 1. The Bertz CT molecular complexity index is 1380. The van der Waals surface area contributed by atoms with E-state index in [0.29, 0.717) is 39.8 Å². The lowest BCUT2D eigenvalue weighted by molar-refractivity contribution is 0.0524. The van der Waals surface area contributed by atoms with Crippen LogP contribution in [0.15, 0.2) is 34.3 Å². The number of aromatic nitrogens is 4. The van der Waals surface area contributed by atoms with Crippen LogP contribution in [0.25, 0.3) is 17.1 Å². The van der Waals surface area contributed by atoms with Gasteiger partial charge in [-0.15, -0.1) is 0 Å². The molecule has 0 amide bonds. The average Bonchev–Trinajstić information content (AvgIpc) is 3.25. The van der Waals surface area contributed by atoms with E-state index in [4.69, 9.17) is 10.5 Å². The predicted molar refractivity (Wildman–Crippen MR) is 124 cm³/mol. The van der Waals surface area contributed by atoms with E-state index in [1.165, 1.54) is 27.6 Å². The quantitative estimate of drug-likeness (QED) is 0.591. The van der Waals surface area contributed by atoms with Gasteiger partial charge in [-0.25, -0.2) is 28.2 Å². The topological polar surface area (TPSA) is 113 Å². The van der Waals surface area contributed by atoms with Gasteiger partial charge in [-0.05, 0) is 32.9 Å². The molecular weight excluding hydrogens is 444 g/mol. The van der Waals surface area contributed by atoms with Crippen LogP contribution in [0.3, 0.4) is 0 Å². The van der Waals surface area contributed by atoms with Crippen molar-refractivity contribution in [1.29, 1.82) is 0 Å². The Labute approximate surface area is 194 Å². The molecule has 1 aromatic carbocycles. The molecule has 1 aliphatic heterocycles. The van der Waals surface area contributed by atoms with Crippen molar-refractivity contribution in [1.82, 2.24) is 19.6 Å². The largest absolute Gasteiger partial charge is 0.462 e. The number of hydrogen-bond donors (Lipinski definition) is 1. The summed E-state index contributed by atoms with van der Waals surface area (Å²) in [6.45, 7) is 5.41. The third kappa shape index (κ3) is 4.12. The molecule has 3 aromatic rings. The maximum atomic E-state index is 14.5. The lowest BCUT2D eigenvalue weighted by atomic mass is 10.0. The highest BCUT2D eigenvalue weighted by atomic mass is 19.1. The van der Waals surface area contributed by atoms with Gasteiger partial charge in [0.15, 0.2) is 11.6 Å². The summed E-state index contributed by atoms with van der Waals surface area (Å²) in [5.41, 5.74) is 8.61. The summed E-state index contributed by atoms with van der Waals surface area (Å²) in [5.74, 6) is -1.02. The zero-order valence-corrected chi connectivity index (χ0v) is 19.1. The Morgan fingerprint density at radius 2 is 2.00 bits per heavy atom. The number of ether oxygens (including phenoxy) is 1. The van der Waals surface area contributed by atoms with Gasteiger partial charge in [0.25, 0.3) is 0 Å². The maximum absolute atomic E-state index is 14.5. The van der Waals surface area contributed by atoms with Gasteiger partial charge in [0.2, 0.25) is 0 Å². The highest BCUT2D eigenvalue weighted by Crippen LogP contribution is 2.33. The summed E-state index contributed by atoms with van der Waals surface area (Å²) < 4.78 is 36.0. The van der Waals surface area contributed by atoms with E-state index in [0.717, 1.165) is 6.07 Å². The molecule has 2 aromatic heterocycles. The molecule has 176 valence electrons. The van der Waals surface area contributed by atoms with E-state index in [9.17, 15) is 13.6 Å². The summed E-state index contributed by atoms with van der Waals surface area (Å²) in [7, 11) is 1.66. The second-order valence-electron chi connectivity index (χ2n) is 7.63. The smallest absolute Gasteiger partial charge is 0.341 e. The van der Waals surface area contributed by atoms with E-state index in [1.807, 2.05) is 0 Å². The van der Waals surface area contributed by atoms with E-state index >= 15 is 0 Å². The number of aryl methyl sites for hydroxylation is 2. The van der Waals surface area contributed by atoms with Crippen LogP contribution in [-0.4, -0.2) is 44.2 Å². The van der Waals surface area contributed by atoms with Gasteiger partial charge in [0.05, 0.1) is 18.0 Å². The number of carbonyl (C=O) groups is 1. The summed E-state index contributed by atoms with van der Waals surface area (Å²) in [6.07, 6.45) is 3.37. The SMILES string of the molecule is CCOC(=O)c1c(C)nn(C2=CC(N)=Nc3c(c(-c4ccc(F)cc4F)nn3C)CC=N2)c1C. The molecule has 0 fully saturated rings. The molecule has 0 bridgehead atoms. The molecule has 1 aliphatic rings. The first-order valence-corrected chi connectivity index (χ1v) is 10.5. The van der Waals surface area contributed by atoms with Crippen molar-refractivity contribution in [3.05, 3.63) is 58.4 Å². The molecule has 34 heavy (non-hydrogen) atoms. The van der Waals surface area contributed by atoms with Gasteiger partial charge in [0.1, 0.15) is 28.7 Å². The number of esters is 1. The van der Waals surface area contributed by atoms with Crippen molar-refractivity contribution in [2.45, 2.75) is 27.2 Å². The Hall–Kier alpha value is -4.15. The van der Waals surface area contributed by atoms with E-state index < -0.39 is 17.6 Å². The maximum Gasteiger partial charge on any atom is 0.341 e. The summed E-state index contributed by atoms with van der Waals surface area (Å²) in [4.78, 5) is 21.3. The number of aliphatic imine (C=N–C) groups is 2. The molecular formula is C23H23F2N7O2. The number of nitrogens with zero attached hydrogens (tertiary/aromatic N) is 6. The molecule has 3 heterocycles. The van der Waals surface area contributed by atoms with Crippen molar-refractivity contribution in [2.75, 3.05) is 6.61 Å². The third-order valence-corrected chi connectivity index (χ3v) is 5.32. The average molecular weight is 467 g/mol. The summed E-state index contributed by atoms with van der Waals surface area (Å²) >= 11 is 0. The summed E-state index contributed by atoms with van der Waals surface area (Å²) in [5, 5.41) is 8.82. The normalized spacial score (nSPS) is 13.5. The van der Waals surface area contributed by atoms with Crippen LogP contribution in [-0.2, 0) is 18.2 Å². The molecule has 0 atom stereocenters. The molecule has 0 unspecified atom stereocenters. The number of halogens is 2. The zero-order chi connectivity index (χ0) is 24.6. The van der Waals surface area contributed by atoms with Crippen molar-refractivity contribution in [2.24, 2.45) is 22.8 Å². The molecule has 9 nitrogen and oxygen atoms in total. The first kappa shape index (κ1) is 23.0. The second-order valence-corrected chi connectivity index (χ2v) is 7.63. The van der Waals surface area contributed by atoms with Crippen molar-refractivity contribution >= 4 is 29.7 Å². The third-order valence-electron chi connectivity index (χ3n) is 5.32. The van der Waals surface area contributed by atoms with Crippen LogP contribution >= 0.6 is 0 Å². The zero-order valence-electron chi connectivity index (χ0n) is 19.1. The fraction of sp³-hybridized carbons (Fsp3) is 0.261. The number of hydrogen-bond acceptors (Lipinski definition) is 7. The lowest BCUT2D eigenvalue weighted by Crippen LogP contribution is -2.12. The van der Waals surface area contributed by atoms with Gasteiger partial charge in [-0.2, -0.15) is 10.2 Å². The minimum absolute atomic E-state index is 0.106. The van der Waals surface area contributed by atoms with E-state index in [1.54, 1.807) is 34.0 Å². The minimum Gasteiger partial charge on any atom is -0.462 e. The van der Waals surface area contributed by atoms with Crippen LogP contribution in [0.4, 0.5) is 14.6 Å². The fourth-order valence-corrected chi connectivity index (χ4v) is 3.82. The Morgan fingerprint density at radius 3 is 2.71 bits per heavy atom. The van der Waals surface area contributed by atoms with Gasteiger partial charge in [0, 0.05) is 43.0 Å². The van der Waals surface area contributed by atoms with Crippen molar-refractivity contribution < 1.29 is 18.3 Å². The number of benzene rings is 1. The molecule has 2 N–H and O–H groups in total. The fourth-order valence-electron chi connectivity index (χ4n) is 3.82.